The molecule has 0 heterocycles. The van der Waals surface area contributed by atoms with Crippen molar-refractivity contribution in [3.8, 4) is 0 Å². The molecule has 0 spiro atoms. The lowest BCUT2D eigenvalue weighted by atomic mass is 9.97. The molecule has 0 radical (unpaired) electrons. The second-order valence-electron chi connectivity index (χ2n) is 3.55. The maximum Gasteiger partial charge on any atom is -0.00916 e. The van der Waals surface area contributed by atoms with Crippen LogP contribution in [0.3, 0.4) is 0 Å². The van der Waals surface area contributed by atoms with E-state index in [1.807, 2.05) is 0 Å². The first-order chi connectivity index (χ1) is 6.16. The molecule has 0 aliphatic heterocycles. The van der Waals surface area contributed by atoms with Crippen molar-refractivity contribution in [2.24, 2.45) is 0 Å². The average molecular weight is 174 g/mol. The van der Waals surface area contributed by atoms with Crippen molar-refractivity contribution < 1.29 is 0 Å². The fourth-order valence-corrected chi connectivity index (χ4v) is 1.48. The van der Waals surface area contributed by atoms with Crippen LogP contribution < -0.4 is 0 Å². The summed E-state index contributed by atoms with van der Waals surface area (Å²) in [7, 11) is 0. The van der Waals surface area contributed by atoms with E-state index in [-0.39, 0.29) is 0 Å². The Kier molecular flexibility index (Phi) is 3.30. The quantitative estimate of drug-likeness (QED) is 0.551. The highest BCUT2D eigenvalue weighted by Gasteiger charge is 2.05. The second-order valence-corrected chi connectivity index (χ2v) is 3.55. The highest BCUT2D eigenvalue weighted by molar-refractivity contribution is 5.45. The Hall–Kier alpha value is -1.04. The molecule has 0 amide bonds. The summed E-state index contributed by atoms with van der Waals surface area (Å²) in [6.45, 7) is 8.67. The summed E-state index contributed by atoms with van der Waals surface area (Å²) in [5.74, 6) is 0. The molecule has 0 heteroatoms. The van der Waals surface area contributed by atoms with Crippen LogP contribution in [0.4, 0.5) is 0 Å². The van der Waals surface area contributed by atoms with E-state index in [0.29, 0.717) is 0 Å². The van der Waals surface area contributed by atoms with Crippen LogP contribution in [0.2, 0.25) is 0 Å². The smallest absolute Gasteiger partial charge is 0.00916 e. The van der Waals surface area contributed by atoms with Crippen molar-refractivity contribution in [2.75, 3.05) is 0 Å². The van der Waals surface area contributed by atoms with Gasteiger partial charge in [0.1, 0.15) is 0 Å². The van der Waals surface area contributed by atoms with Gasteiger partial charge < -0.3 is 0 Å². The molecule has 70 valence electrons. The van der Waals surface area contributed by atoms with E-state index in [1.165, 1.54) is 22.3 Å². The summed E-state index contributed by atoms with van der Waals surface area (Å²) in [6.07, 6.45) is 9.82. The first-order valence-electron chi connectivity index (χ1n) is 4.83. The minimum Gasteiger partial charge on any atom is -0.0844 e. The highest BCUT2D eigenvalue weighted by atomic mass is 14.1. The van der Waals surface area contributed by atoms with Gasteiger partial charge in [-0.2, -0.15) is 0 Å². The van der Waals surface area contributed by atoms with E-state index < -0.39 is 0 Å². The van der Waals surface area contributed by atoms with Gasteiger partial charge in [-0.05, 0) is 50.8 Å². The molecule has 0 aromatic heterocycles. The summed E-state index contributed by atoms with van der Waals surface area (Å²) >= 11 is 0. The maximum atomic E-state index is 2.21. The SMILES string of the molecule is C/C=C(C)/C(C)=C(/C)C1=CC=CC1. The van der Waals surface area contributed by atoms with Crippen LogP contribution in [0.1, 0.15) is 34.1 Å². The van der Waals surface area contributed by atoms with Crippen molar-refractivity contribution >= 4 is 0 Å². The summed E-state index contributed by atoms with van der Waals surface area (Å²) in [5.41, 5.74) is 5.68. The zero-order valence-electron chi connectivity index (χ0n) is 9.02. The van der Waals surface area contributed by atoms with E-state index in [2.05, 4.69) is 52.0 Å². The molecule has 0 N–H and O–H groups in total. The van der Waals surface area contributed by atoms with Crippen molar-refractivity contribution in [3.63, 3.8) is 0 Å². The molecule has 0 unspecified atom stereocenters. The third-order valence-electron chi connectivity index (χ3n) is 2.84. The molecule has 0 saturated carbocycles. The highest BCUT2D eigenvalue weighted by Crippen LogP contribution is 2.25. The zero-order valence-corrected chi connectivity index (χ0v) is 9.02. The Morgan fingerprint density at radius 2 is 2.00 bits per heavy atom. The monoisotopic (exact) mass is 174 g/mol. The first-order valence-corrected chi connectivity index (χ1v) is 4.83. The fraction of sp³-hybridized carbons (Fsp3) is 0.385. The number of rotatable bonds is 2. The third kappa shape index (κ3) is 2.21. The molecule has 1 aliphatic rings. The molecule has 1 aliphatic carbocycles. The van der Waals surface area contributed by atoms with Gasteiger partial charge in [-0.1, -0.05) is 29.9 Å². The standard InChI is InChI=1S/C13H18/c1-5-10(2)11(3)12(4)13-8-6-7-9-13/h5-8H,9H2,1-4H3/b10-5+,12-11-. The van der Waals surface area contributed by atoms with Gasteiger partial charge in [-0.15, -0.1) is 0 Å². The van der Waals surface area contributed by atoms with Gasteiger partial charge in [0.2, 0.25) is 0 Å². The van der Waals surface area contributed by atoms with Gasteiger partial charge in [0, 0.05) is 0 Å². The Morgan fingerprint density at radius 3 is 2.46 bits per heavy atom. The lowest BCUT2D eigenvalue weighted by Crippen LogP contribution is -1.89. The minimum absolute atomic E-state index is 1.10. The fourth-order valence-electron chi connectivity index (χ4n) is 1.48. The lowest BCUT2D eigenvalue weighted by Gasteiger charge is -2.09. The average Bonchev–Trinajstić information content (AvgIpc) is 2.67. The lowest BCUT2D eigenvalue weighted by molar-refractivity contribution is 1.17. The van der Waals surface area contributed by atoms with Crippen molar-refractivity contribution in [3.05, 3.63) is 46.6 Å². The summed E-state index contributed by atoms with van der Waals surface area (Å²) in [4.78, 5) is 0. The zero-order chi connectivity index (χ0) is 9.84. The van der Waals surface area contributed by atoms with Gasteiger partial charge in [0.15, 0.2) is 0 Å². The van der Waals surface area contributed by atoms with E-state index in [0.717, 1.165) is 6.42 Å². The Morgan fingerprint density at radius 1 is 1.31 bits per heavy atom. The molecular weight excluding hydrogens is 156 g/mol. The minimum atomic E-state index is 1.10. The molecular formula is C13H18. The molecule has 0 bridgehead atoms. The second kappa shape index (κ2) is 4.27. The van der Waals surface area contributed by atoms with E-state index in [9.17, 15) is 0 Å². The van der Waals surface area contributed by atoms with Crippen LogP contribution >= 0.6 is 0 Å². The molecule has 0 nitrogen and oxygen atoms in total. The third-order valence-corrected chi connectivity index (χ3v) is 2.84. The van der Waals surface area contributed by atoms with E-state index >= 15 is 0 Å². The Balaban J connectivity index is 2.92. The van der Waals surface area contributed by atoms with Gasteiger partial charge in [0.25, 0.3) is 0 Å². The van der Waals surface area contributed by atoms with E-state index in [1.54, 1.807) is 0 Å². The van der Waals surface area contributed by atoms with Crippen LogP contribution in [0.15, 0.2) is 46.6 Å². The molecule has 0 aromatic rings. The normalized spacial score (nSPS) is 18.8. The van der Waals surface area contributed by atoms with E-state index in [4.69, 9.17) is 0 Å². The van der Waals surface area contributed by atoms with Crippen molar-refractivity contribution in [1.29, 1.82) is 0 Å². The van der Waals surface area contributed by atoms with Crippen molar-refractivity contribution in [1.82, 2.24) is 0 Å². The summed E-state index contributed by atoms with van der Waals surface area (Å²) < 4.78 is 0. The largest absolute Gasteiger partial charge is 0.0844 e. The van der Waals surface area contributed by atoms with Crippen LogP contribution in [0.5, 0.6) is 0 Å². The molecule has 1 rings (SSSR count). The molecule has 0 atom stereocenters. The molecule has 0 aromatic carbocycles. The topological polar surface area (TPSA) is 0 Å². The van der Waals surface area contributed by atoms with Crippen LogP contribution in [0, 0.1) is 0 Å². The van der Waals surface area contributed by atoms with Crippen LogP contribution in [0.25, 0.3) is 0 Å². The maximum absolute atomic E-state index is 2.21. The van der Waals surface area contributed by atoms with Crippen LogP contribution in [-0.2, 0) is 0 Å². The first kappa shape index (κ1) is 10.0. The molecule has 13 heavy (non-hydrogen) atoms. The summed E-state index contributed by atoms with van der Waals surface area (Å²) in [6, 6.07) is 0. The van der Waals surface area contributed by atoms with Gasteiger partial charge in [0.05, 0.1) is 0 Å². The number of allylic oxidation sites excluding steroid dienone is 8. The number of hydrogen-bond acceptors (Lipinski definition) is 0. The molecule has 0 saturated heterocycles. The molecule has 0 fully saturated rings. The van der Waals surface area contributed by atoms with Gasteiger partial charge in [-0.25, -0.2) is 0 Å². The van der Waals surface area contributed by atoms with Gasteiger partial charge in [-0.3, -0.25) is 0 Å². The predicted molar refractivity (Wildman–Crippen MR) is 59.6 cm³/mol. The number of hydrogen-bond donors (Lipinski definition) is 0. The van der Waals surface area contributed by atoms with Crippen molar-refractivity contribution in [2.45, 2.75) is 34.1 Å². The summed E-state index contributed by atoms with van der Waals surface area (Å²) in [5, 5.41) is 0. The Bertz CT molecular complexity index is 309. The Labute approximate surface area is 81.4 Å². The van der Waals surface area contributed by atoms with Crippen LogP contribution in [-0.4, -0.2) is 0 Å². The van der Waals surface area contributed by atoms with Gasteiger partial charge >= 0.3 is 0 Å². The predicted octanol–water partition coefficient (Wildman–Crippen LogP) is 4.18.